The van der Waals surface area contributed by atoms with Crippen LogP contribution in [-0.2, 0) is 24.2 Å². The Kier molecular flexibility index (Phi) is 6.22. The molecule has 0 radical (unpaired) electrons. The van der Waals surface area contributed by atoms with Crippen molar-refractivity contribution in [1.82, 2.24) is 19.5 Å². The molecule has 1 aromatic carbocycles. The van der Waals surface area contributed by atoms with Crippen LogP contribution in [0.15, 0.2) is 48.5 Å². The molecular formula is C23H27FN4OS. The topological polar surface area (TPSA) is 65.8 Å². The molecule has 3 atom stereocenters. The van der Waals surface area contributed by atoms with Crippen LogP contribution in [0.2, 0.25) is 0 Å². The number of pyridine rings is 1. The minimum absolute atomic E-state index is 0.0143. The standard InChI is InChI=1S/C23H27FN4OS/c1-15(2)22-14-19-10-11-21(27-30(3)29)23(28(19)26-22)13-18-8-5-9-20(25-18)16-6-4-7-17(24)12-16/h4-9,12,14-15,21,23,27H,10-11,13H2,1-3H3. The lowest BCUT2D eigenvalue weighted by Gasteiger charge is -2.32. The molecule has 7 heteroatoms. The summed E-state index contributed by atoms with van der Waals surface area (Å²) in [7, 11) is 0. The molecular weight excluding hydrogens is 399 g/mol. The minimum Gasteiger partial charge on any atom is -0.598 e. The normalized spacial score (nSPS) is 19.7. The molecule has 0 amide bonds. The van der Waals surface area contributed by atoms with Crippen molar-refractivity contribution in [2.45, 2.75) is 51.1 Å². The number of rotatable bonds is 6. The fourth-order valence-electron chi connectivity index (χ4n) is 4.07. The third kappa shape index (κ3) is 4.58. The van der Waals surface area contributed by atoms with E-state index < -0.39 is 11.4 Å². The fourth-order valence-corrected chi connectivity index (χ4v) is 4.77. The zero-order valence-corrected chi connectivity index (χ0v) is 18.3. The maximum atomic E-state index is 13.7. The Balaban J connectivity index is 1.66. The van der Waals surface area contributed by atoms with E-state index in [9.17, 15) is 8.94 Å². The lowest BCUT2D eigenvalue weighted by atomic mass is 9.94. The number of aromatic nitrogens is 3. The molecule has 2 aromatic heterocycles. The van der Waals surface area contributed by atoms with E-state index in [0.29, 0.717) is 12.3 Å². The molecule has 5 nitrogen and oxygen atoms in total. The molecule has 4 rings (SSSR count). The average Bonchev–Trinajstić information content (AvgIpc) is 3.15. The van der Waals surface area contributed by atoms with E-state index in [-0.39, 0.29) is 17.9 Å². The Morgan fingerprint density at radius 2 is 2.03 bits per heavy atom. The number of halogens is 1. The van der Waals surface area contributed by atoms with Gasteiger partial charge in [0.05, 0.1) is 23.5 Å². The zero-order chi connectivity index (χ0) is 21.3. The highest BCUT2D eigenvalue weighted by molar-refractivity contribution is 7.88. The van der Waals surface area contributed by atoms with Crippen molar-refractivity contribution < 1.29 is 8.94 Å². The number of nitrogens with one attached hydrogen (secondary N) is 1. The largest absolute Gasteiger partial charge is 0.598 e. The summed E-state index contributed by atoms with van der Waals surface area (Å²) in [6.45, 7) is 4.29. The predicted molar refractivity (Wildman–Crippen MR) is 118 cm³/mol. The van der Waals surface area contributed by atoms with Gasteiger partial charge in [-0.3, -0.25) is 9.67 Å². The fraction of sp³-hybridized carbons (Fsp3) is 0.391. The van der Waals surface area contributed by atoms with Crippen LogP contribution in [0.5, 0.6) is 0 Å². The second-order valence-corrected chi connectivity index (χ2v) is 9.32. The average molecular weight is 427 g/mol. The predicted octanol–water partition coefficient (Wildman–Crippen LogP) is 4.19. The molecule has 158 valence electrons. The number of benzene rings is 1. The molecule has 0 fully saturated rings. The molecule has 30 heavy (non-hydrogen) atoms. The summed E-state index contributed by atoms with van der Waals surface area (Å²) in [4.78, 5) is 4.80. The van der Waals surface area contributed by atoms with Gasteiger partial charge in [0.2, 0.25) is 0 Å². The van der Waals surface area contributed by atoms with Crippen LogP contribution >= 0.6 is 0 Å². The maximum Gasteiger partial charge on any atom is 0.123 e. The van der Waals surface area contributed by atoms with Gasteiger partial charge in [0.15, 0.2) is 0 Å². The minimum atomic E-state index is -1.11. The molecule has 0 spiro atoms. The second kappa shape index (κ2) is 8.88. The Morgan fingerprint density at radius 1 is 1.23 bits per heavy atom. The Morgan fingerprint density at radius 3 is 2.77 bits per heavy atom. The highest BCUT2D eigenvalue weighted by atomic mass is 32.2. The van der Waals surface area contributed by atoms with Gasteiger partial charge in [0, 0.05) is 34.7 Å². The van der Waals surface area contributed by atoms with Crippen LogP contribution in [0, 0.1) is 5.82 Å². The van der Waals surface area contributed by atoms with E-state index in [1.165, 1.54) is 17.8 Å². The summed E-state index contributed by atoms with van der Waals surface area (Å²) in [6, 6.07) is 14.6. The van der Waals surface area contributed by atoms with Crippen molar-refractivity contribution >= 4 is 11.4 Å². The monoisotopic (exact) mass is 426 g/mol. The van der Waals surface area contributed by atoms with Gasteiger partial charge < -0.3 is 4.55 Å². The van der Waals surface area contributed by atoms with Crippen molar-refractivity contribution in [3.05, 3.63) is 71.4 Å². The van der Waals surface area contributed by atoms with Gasteiger partial charge in [-0.25, -0.2) is 4.39 Å². The summed E-state index contributed by atoms with van der Waals surface area (Å²) in [6.07, 6.45) is 4.13. The number of hydrogen-bond donors (Lipinski definition) is 1. The first kappa shape index (κ1) is 21.0. The number of hydrogen-bond acceptors (Lipinski definition) is 4. The third-order valence-electron chi connectivity index (χ3n) is 5.58. The molecule has 3 heterocycles. The summed E-state index contributed by atoms with van der Waals surface area (Å²) < 4.78 is 30.9. The van der Waals surface area contributed by atoms with Crippen molar-refractivity contribution in [3.63, 3.8) is 0 Å². The number of nitrogens with zero attached hydrogens (tertiary/aromatic N) is 3. The van der Waals surface area contributed by atoms with Gasteiger partial charge in [-0.15, -0.1) is 4.72 Å². The summed E-state index contributed by atoms with van der Waals surface area (Å²) >= 11 is -1.11. The molecule has 1 aliphatic heterocycles. The third-order valence-corrected chi connectivity index (χ3v) is 6.21. The number of fused-ring (bicyclic) bond motifs is 1. The Labute approximate surface area is 180 Å². The van der Waals surface area contributed by atoms with E-state index in [2.05, 4.69) is 29.3 Å². The maximum absolute atomic E-state index is 13.7. The smallest absolute Gasteiger partial charge is 0.123 e. The van der Waals surface area contributed by atoms with Gasteiger partial charge in [-0.05, 0) is 49.1 Å². The van der Waals surface area contributed by atoms with Crippen molar-refractivity contribution in [2.75, 3.05) is 6.26 Å². The van der Waals surface area contributed by atoms with E-state index in [1.807, 2.05) is 24.3 Å². The van der Waals surface area contributed by atoms with Crippen LogP contribution in [-0.4, -0.2) is 31.6 Å². The quantitative estimate of drug-likeness (QED) is 0.600. The van der Waals surface area contributed by atoms with Crippen molar-refractivity contribution in [2.24, 2.45) is 0 Å². The Hall–Kier alpha value is -2.22. The molecule has 0 saturated carbocycles. The summed E-state index contributed by atoms with van der Waals surface area (Å²) in [5, 5.41) is 4.88. The Bertz CT molecular complexity index is 1020. The van der Waals surface area contributed by atoms with Crippen LogP contribution < -0.4 is 4.72 Å². The molecule has 0 saturated heterocycles. The first-order valence-corrected chi connectivity index (χ1v) is 11.9. The molecule has 1 N–H and O–H groups in total. The second-order valence-electron chi connectivity index (χ2n) is 8.17. The highest BCUT2D eigenvalue weighted by Gasteiger charge is 2.33. The molecule has 3 unspecified atom stereocenters. The van der Waals surface area contributed by atoms with Crippen LogP contribution in [0.3, 0.4) is 0 Å². The first-order valence-electron chi connectivity index (χ1n) is 10.3. The molecule has 1 aliphatic rings. The lowest BCUT2D eigenvalue weighted by molar-refractivity contribution is 0.296. The summed E-state index contributed by atoms with van der Waals surface area (Å²) in [5.41, 5.74) is 4.70. The molecule has 3 aromatic rings. The SMILES string of the molecule is CC(C)c1cc2n(n1)C(Cc1cccc(-c3cccc(F)c3)n1)C(N[S+](C)[O-])CC2. The molecule has 0 bridgehead atoms. The van der Waals surface area contributed by atoms with E-state index in [1.54, 1.807) is 12.3 Å². The lowest BCUT2D eigenvalue weighted by Crippen LogP contribution is -2.45. The van der Waals surface area contributed by atoms with E-state index in [4.69, 9.17) is 10.1 Å². The van der Waals surface area contributed by atoms with Gasteiger partial charge in [0.1, 0.15) is 12.1 Å². The van der Waals surface area contributed by atoms with Crippen molar-refractivity contribution in [3.8, 4) is 11.3 Å². The van der Waals surface area contributed by atoms with Crippen LogP contribution in [0.4, 0.5) is 4.39 Å². The highest BCUT2D eigenvalue weighted by Crippen LogP contribution is 2.31. The van der Waals surface area contributed by atoms with Crippen LogP contribution in [0.1, 0.15) is 49.3 Å². The van der Waals surface area contributed by atoms with Gasteiger partial charge in [-0.2, -0.15) is 5.10 Å². The molecule has 0 aliphatic carbocycles. The zero-order valence-electron chi connectivity index (χ0n) is 17.5. The number of aryl methyl sites for hydroxylation is 1. The summed E-state index contributed by atoms with van der Waals surface area (Å²) in [5.74, 6) is 0.0777. The van der Waals surface area contributed by atoms with E-state index in [0.717, 1.165) is 35.5 Å². The van der Waals surface area contributed by atoms with Crippen molar-refractivity contribution in [1.29, 1.82) is 0 Å². The van der Waals surface area contributed by atoms with Gasteiger partial charge >= 0.3 is 0 Å². The van der Waals surface area contributed by atoms with E-state index >= 15 is 0 Å². The van der Waals surface area contributed by atoms with Crippen LogP contribution in [0.25, 0.3) is 11.3 Å². The van der Waals surface area contributed by atoms with Gasteiger partial charge in [-0.1, -0.05) is 32.0 Å². The van der Waals surface area contributed by atoms with Gasteiger partial charge in [0.25, 0.3) is 0 Å². The first-order chi connectivity index (χ1) is 14.4.